The number of carbonyl (C=O) groups is 2. The van der Waals surface area contributed by atoms with Gasteiger partial charge < -0.3 is 14.6 Å². The normalized spacial score (nSPS) is 15.5. The monoisotopic (exact) mass is 507 g/mol. The molecule has 0 aliphatic carbocycles. The van der Waals surface area contributed by atoms with E-state index < -0.39 is 29.5 Å². The molecule has 0 unspecified atom stereocenters. The first-order chi connectivity index (χ1) is 17.4. The Morgan fingerprint density at radius 1 is 1.11 bits per heavy atom. The van der Waals surface area contributed by atoms with Gasteiger partial charge in [-0.3, -0.25) is 14.5 Å². The predicted octanol–water partition coefficient (Wildman–Crippen LogP) is 4.96. The molecule has 36 heavy (non-hydrogen) atoms. The Bertz CT molecular complexity index is 1490. The minimum Gasteiger partial charge on any atom is -0.496 e. The molecule has 0 bridgehead atoms. The van der Waals surface area contributed by atoms with Gasteiger partial charge in [-0.15, -0.1) is 0 Å². The Morgan fingerprint density at radius 3 is 2.64 bits per heavy atom. The number of nitrogens with zero attached hydrogens (tertiary/aromatic N) is 2. The predicted molar refractivity (Wildman–Crippen MR) is 135 cm³/mol. The Balaban J connectivity index is 1.66. The molecule has 1 atom stereocenters. The minimum atomic E-state index is -1.18. The van der Waals surface area contributed by atoms with E-state index in [0.29, 0.717) is 17.4 Å². The van der Waals surface area contributed by atoms with Crippen LogP contribution in [0.3, 0.4) is 0 Å². The Labute approximate surface area is 210 Å². The maximum atomic E-state index is 15.0. The van der Waals surface area contributed by atoms with Crippen molar-refractivity contribution in [1.82, 2.24) is 9.88 Å². The number of nitrogens with one attached hydrogen (secondary N) is 1. The van der Waals surface area contributed by atoms with E-state index in [4.69, 9.17) is 4.74 Å². The first-order valence-corrected chi connectivity index (χ1v) is 12.3. The summed E-state index contributed by atoms with van der Waals surface area (Å²) < 4.78 is 36.1. The third-order valence-electron chi connectivity index (χ3n) is 6.29. The van der Waals surface area contributed by atoms with Crippen LogP contribution in [0.5, 0.6) is 5.75 Å². The number of hydrogen-bond acceptors (Lipinski definition) is 4. The molecule has 2 heterocycles. The van der Waals surface area contributed by atoms with Crippen molar-refractivity contribution in [1.29, 1.82) is 0 Å². The molecule has 4 aromatic rings. The van der Waals surface area contributed by atoms with Crippen molar-refractivity contribution in [2.45, 2.75) is 17.6 Å². The number of thioether (sulfide) groups is 1. The van der Waals surface area contributed by atoms with Crippen LogP contribution >= 0.6 is 11.8 Å². The first-order valence-electron chi connectivity index (χ1n) is 11.3. The van der Waals surface area contributed by atoms with Gasteiger partial charge in [0.05, 0.1) is 23.6 Å². The van der Waals surface area contributed by atoms with Gasteiger partial charge in [0.25, 0.3) is 0 Å². The molecule has 0 saturated heterocycles. The summed E-state index contributed by atoms with van der Waals surface area (Å²) >= 11 is 1.29. The summed E-state index contributed by atoms with van der Waals surface area (Å²) in [5.41, 5.74) is 2.08. The van der Waals surface area contributed by atoms with Crippen LogP contribution < -0.4 is 15.0 Å². The van der Waals surface area contributed by atoms with Gasteiger partial charge in [0.1, 0.15) is 23.4 Å². The smallest absolute Gasteiger partial charge is 0.248 e. The molecule has 3 aromatic carbocycles. The molecular weight excluding hydrogens is 484 g/mol. The number of ether oxygens (including phenoxy) is 1. The van der Waals surface area contributed by atoms with Crippen LogP contribution in [-0.4, -0.2) is 29.2 Å². The summed E-state index contributed by atoms with van der Waals surface area (Å²) in [7, 11) is 3.42. The summed E-state index contributed by atoms with van der Waals surface area (Å²) in [6, 6.07) is 16.6. The fourth-order valence-electron chi connectivity index (χ4n) is 4.64. The molecule has 1 N–H and O–H groups in total. The number of amides is 2. The topological polar surface area (TPSA) is 63.6 Å². The van der Waals surface area contributed by atoms with Gasteiger partial charge in [-0.2, -0.15) is 0 Å². The van der Waals surface area contributed by atoms with Crippen LogP contribution in [0.2, 0.25) is 0 Å². The van der Waals surface area contributed by atoms with Crippen LogP contribution in [0.25, 0.3) is 10.9 Å². The molecule has 0 spiro atoms. The van der Waals surface area contributed by atoms with Crippen molar-refractivity contribution in [2.24, 2.45) is 7.05 Å². The second-order valence-corrected chi connectivity index (χ2v) is 9.34. The molecule has 0 saturated carbocycles. The average molecular weight is 508 g/mol. The van der Waals surface area contributed by atoms with Crippen molar-refractivity contribution in [3.63, 3.8) is 0 Å². The van der Waals surface area contributed by atoms with E-state index in [2.05, 4.69) is 5.32 Å². The Kier molecular flexibility index (Phi) is 6.40. The highest BCUT2D eigenvalue weighted by Crippen LogP contribution is 2.43. The molecule has 0 radical (unpaired) electrons. The van der Waals surface area contributed by atoms with E-state index in [9.17, 15) is 14.0 Å². The molecular formula is C27H23F2N3O3S. The molecule has 1 aromatic heterocycles. The minimum absolute atomic E-state index is 0.00966. The zero-order valence-electron chi connectivity index (χ0n) is 19.6. The third-order valence-corrected chi connectivity index (χ3v) is 7.45. The molecule has 184 valence electrons. The van der Waals surface area contributed by atoms with E-state index in [1.54, 1.807) is 13.2 Å². The largest absolute Gasteiger partial charge is 0.496 e. The number of carbonyl (C=O) groups excluding carboxylic acids is 2. The first kappa shape index (κ1) is 23.9. The summed E-state index contributed by atoms with van der Waals surface area (Å²) in [4.78, 5) is 28.4. The lowest BCUT2D eigenvalue weighted by atomic mass is 10.0. The molecule has 0 fully saturated rings. The van der Waals surface area contributed by atoms with Gasteiger partial charge in [0, 0.05) is 41.7 Å². The van der Waals surface area contributed by atoms with Crippen LogP contribution in [0.4, 0.5) is 14.5 Å². The second-order valence-electron chi connectivity index (χ2n) is 8.38. The van der Waals surface area contributed by atoms with Gasteiger partial charge in [-0.1, -0.05) is 48.2 Å². The number of fused-ring (bicyclic) bond motifs is 3. The lowest BCUT2D eigenvalue weighted by Crippen LogP contribution is -2.44. The van der Waals surface area contributed by atoms with E-state index in [1.165, 1.54) is 17.8 Å². The fourth-order valence-corrected chi connectivity index (χ4v) is 5.71. The maximum absolute atomic E-state index is 15.0. The summed E-state index contributed by atoms with van der Waals surface area (Å²) in [6.07, 6.45) is 0. The Morgan fingerprint density at radius 2 is 1.86 bits per heavy atom. The summed E-state index contributed by atoms with van der Waals surface area (Å²) in [5.74, 6) is -2.03. The highest BCUT2D eigenvalue weighted by Gasteiger charge is 2.40. The van der Waals surface area contributed by atoms with Crippen LogP contribution in [0.15, 0.2) is 71.8 Å². The maximum Gasteiger partial charge on any atom is 0.248 e. The number of anilines is 1. The van der Waals surface area contributed by atoms with E-state index >= 15 is 4.39 Å². The third kappa shape index (κ3) is 4.09. The number of para-hydroxylation sites is 2. The molecule has 9 heteroatoms. The van der Waals surface area contributed by atoms with Gasteiger partial charge in [0.15, 0.2) is 0 Å². The number of halogens is 2. The lowest BCUT2D eigenvalue weighted by molar-refractivity contribution is -0.126. The highest BCUT2D eigenvalue weighted by atomic mass is 32.2. The summed E-state index contributed by atoms with van der Waals surface area (Å²) in [5, 5.41) is 4.43. The zero-order chi connectivity index (χ0) is 25.4. The highest BCUT2D eigenvalue weighted by molar-refractivity contribution is 8.00. The van der Waals surface area contributed by atoms with Crippen LogP contribution in [0, 0.1) is 11.6 Å². The number of hydrogen-bond donors (Lipinski definition) is 1. The zero-order valence-corrected chi connectivity index (χ0v) is 20.4. The van der Waals surface area contributed by atoms with Crippen molar-refractivity contribution >= 4 is 40.2 Å². The standard InChI is InChI=1S/C27H23F2N3O3S/c1-31-20-9-5-4-8-18(20)24-25(26(34)30-14-16-7-3-6-10-22(16)35-2)32(23(33)15-36-27(24)31)21-12-11-17(28)13-19(21)29/h3-13,25H,14-15H2,1-2H3,(H,30,34)/t25-/m1/s1. The SMILES string of the molecule is COc1ccccc1CNC(=O)[C@H]1c2c(n(C)c3ccccc23)SCC(=O)N1c1ccc(F)cc1F. The number of benzene rings is 3. The van der Waals surface area contributed by atoms with Gasteiger partial charge >= 0.3 is 0 Å². The molecule has 6 nitrogen and oxygen atoms in total. The Hall–Kier alpha value is -3.85. The summed E-state index contributed by atoms with van der Waals surface area (Å²) in [6.45, 7) is 0.139. The average Bonchev–Trinajstić information content (AvgIpc) is 3.06. The quantitative estimate of drug-likeness (QED) is 0.415. The lowest BCUT2D eigenvalue weighted by Gasteiger charge is -2.30. The van der Waals surface area contributed by atoms with Crippen molar-refractivity contribution in [3.8, 4) is 5.75 Å². The van der Waals surface area contributed by atoms with Crippen molar-refractivity contribution in [2.75, 3.05) is 17.8 Å². The number of methoxy groups -OCH3 is 1. The fraction of sp³-hybridized carbons (Fsp3) is 0.185. The number of aryl methyl sites for hydroxylation is 1. The van der Waals surface area contributed by atoms with Gasteiger partial charge in [0.2, 0.25) is 11.8 Å². The van der Waals surface area contributed by atoms with Gasteiger partial charge in [-0.05, 0) is 24.3 Å². The van der Waals surface area contributed by atoms with Crippen LogP contribution in [-0.2, 0) is 23.2 Å². The van der Waals surface area contributed by atoms with E-state index in [0.717, 1.165) is 32.5 Å². The molecule has 1 aliphatic rings. The van der Waals surface area contributed by atoms with E-state index in [-0.39, 0.29) is 18.0 Å². The second kappa shape index (κ2) is 9.66. The van der Waals surface area contributed by atoms with Crippen molar-refractivity contribution in [3.05, 3.63) is 89.5 Å². The molecule has 1 aliphatic heterocycles. The number of aromatic nitrogens is 1. The van der Waals surface area contributed by atoms with Crippen LogP contribution in [0.1, 0.15) is 17.2 Å². The number of rotatable bonds is 5. The molecule has 2 amide bonds. The van der Waals surface area contributed by atoms with Crippen molar-refractivity contribution < 1.29 is 23.1 Å². The molecule has 5 rings (SSSR count). The van der Waals surface area contributed by atoms with E-state index in [1.807, 2.05) is 54.1 Å². The van der Waals surface area contributed by atoms with Gasteiger partial charge in [-0.25, -0.2) is 8.78 Å².